The van der Waals surface area contributed by atoms with Crippen molar-refractivity contribution in [2.24, 2.45) is 5.73 Å². The molecule has 0 saturated carbocycles. The highest BCUT2D eigenvalue weighted by atomic mass is 16.1. The third-order valence-corrected chi connectivity index (χ3v) is 6.59. The first-order valence-electron chi connectivity index (χ1n) is 11.8. The lowest BCUT2D eigenvalue weighted by atomic mass is 10.0. The van der Waals surface area contributed by atoms with Crippen LogP contribution in [-0.2, 0) is 13.0 Å². The topological polar surface area (TPSA) is 48.0 Å². The van der Waals surface area contributed by atoms with Gasteiger partial charge in [0.2, 0.25) is 5.91 Å². The van der Waals surface area contributed by atoms with E-state index in [9.17, 15) is 4.79 Å². The number of aromatic nitrogens is 1. The Bertz CT molecular complexity index is 1490. The van der Waals surface area contributed by atoms with E-state index >= 15 is 0 Å². The summed E-state index contributed by atoms with van der Waals surface area (Å²) >= 11 is 0. The number of unbranched alkanes of at least 4 members (excludes halogenated alkanes) is 2. The lowest BCUT2D eigenvalue weighted by molar-refractivity contribution is 0.100. The van der Waals surface area contributed by atoms with Gasteiger partial charge in [-0.3, -0.25) is 4.79 Å². The molecule has 3 heteroatoms. The molecular weight excluding hydrogens is 404 g/mol. The van der Waals surface area contributed by atoms with Crippen LogP contribution in [0.25, 0.3) is 32.6 Å². The normalized spacial score (nSPS) is 11.6. The van der Waals surface area contributed by atoms with Crippen LogP contribution in [0.3, 0.4) is 0 Å². The molecule has 1 heterocycles. The van der Waals surface area contributed by atoms with Crippen LogP contribution in [-0.4, -0.2) is 10.5 Å². The fourth-order valence-corrected chi connectivity index (χ4v) is 4.89. The lowest BCUT2D eigenvalue weighted by Crippen LogP contribution is -2.11. The molecule has 1 aromatic heterocycles. The van der Waals surface area contributed by atoms with Crippen LogP contribution in [0.2, 0.25) is 0 Å². The molecule has 33 heavy (non-hydrogen) atoms. The minimum Gasteiger partial charge on any atom is -0.366 e. The van der Waals surface area contributed by atoms with Gasteiger partial charge in [0, 0.05) is 22.9 Å². The molecular formula is C30H29N2O. The Labute approximate surface area is 194 Å². The Morgan fingerprint density at radius 1 is 0.939 bits per heavy atom. The zero-order chi connectivity index (χ0) is 22.9. The molecule has 0 unspecified atom stereocenters. The minimum atomic E-state index is -0.402. The van der Waals surface area contributed by atoms with Crippen molar-refractivity contribution in [3.05, 3.63) is 95.1 Å². The first-order chi connectivity index (χ1) is 16.0. The fraction of sp³-hybridized carbons (Fsp3) is 0.233. The first-order valence-corrected chi connectivity index (χ1v) is 11.8. The molecule has 0 aliphatic carbocycles. The number of aryl methyl sites for hydroxylation is 2. The van der Waals surface area contributed by atoms with Gasteiger partial charge in [0.05, 0.1) is 11.0 Å². The van der Waals surface area contributed by atoms with Crippen molar-refractivity contribution < 1.29 is 4.79 Å². The molecule has 3 nitrogen and oxygen atoms in total. The first kappa shape index (κ1) is 21.3. The molecule has 2 N–H and O–H groups in total. The van der Waals surface area contributed by atoms with Crippen LogP contribution in [0.5, 0.6) is 0 Å². The standard InChI is InChI=1S/C30H29N2O/c1-3-4-5-7-21-12-15-25-28(18-21)32(27-9-6-8-26(29(25)27)30(31)33)19-22-11-14-23-16-20(2)10-13-24(23)17-22/h6,8-14,16-18H,3-5,7,19H2,1-2H3,(H2,31,33). The molecule has 0 fully saturated rings. The maximum atomic E-state index is 12.2. The summed E-state index contributed by atoms with van der Waals surface area (Å²) in [6, 6.07) is 26.9. The van der Waals surface area contributed by atoms with E-state index in [0.29, 0.717) is 5.56 Å². The van der Waals surface area contributed by atoms with Crippen LogP contribution < -0.4 is 5.73 Å². The number of carbonyl (C=O) groups excluding carboxylic acids is 1. The second-order valence-corrected chi connectivity index (χ2v) is 9.06. The van der Waals surface area contributed by atoms with Gasteiger partial charge in [0.25, 0.3) is 0 Å². The molecule has 5 rings (SSSR count). The molecule has 0 aliphatic heterocycles. The summed E-state index contributed by atoms with van der Waals surface area (Å²) in [5.41, 5.74) is 12.2. The van der Waals surface area contributed by atoms with E-state index in [1.807, 2.05) is 12.1 Å². The SMILES string of the molecule is CCCCCc1c[c]c2c3c(C(N)=O)cccc3n(Cc3ccc4cc(C)ccc4c3)c2c1. The molecule has 0 bridgehead atoms. The van der Waals surface area contributed by atoms with Crippen molar-refractivity contribution in [1.29, 1.82) is 0 Å². The Kier molecular flexibility index (Phi) is 5.63. The average molecular weight is 434 g/mol. The molecule has 1 radical (unpaired) electrons. The molecule has 0 spiro atoms. The van der Waals surface area contributed by atoms with E-state index in [2.05, 4.69) is 79.1 Å². The Morgan fingerprint density at radius 2 is 1.76 bits per heavy atom. The molecule has 165 valence electrons. The maximum absolute atomic E-state index is 12.2. The second kappa shape index (κ2) is 8.74. The number of amides is 1. The van der Waals surface area contributed by atoms with Crippen LogP contribution in [0, 0.1) is 13.0 Å². The number of hydrogen-bond donors (Lipinski definition) is 1. The zero-order valence-corrected chi connectivity index (χ0v) is 19.3. The number of carbonyl (C=O) groups is 1. The Balaban J connectivity index is 1.68. The van der Waals surface area contributed by atoms with E-state index in [4.69, 9.17) is 5.73 Å². The van der Waals surface area contributed by atoms with Crippen molar-refractivity contribution >= 4 is 38.5 Å². The average Bonchev–Trinajstić information content (AvgIpc) is 3.12. The van der Waals surface area contributed by atoms with Gasteiger partial charge in [-0.1, -0.05) is 67.8 Å². The summed E-state index contributed by atoms with van der Waals surface area (Å²) in [5, 5.41) is 4.36. The third kappa shape index (κ3) is 4.00. The summed E-state index contributed by atoms with van der Waals surface area (Å²) in [4.78, 5) is 12.2. The van der Waals surface area contributed by atoms with Gasteiger partial charge in [-0.2, -0.15) is 0 Å². The quantitative estimate of drug-likeness (QED) is 0.278. The van der Waals surface area contributed by atoms with Gasteiger partial charge in [0.1, 0.15) is 0 Å². The number of fused-ring (bicyclic) bond motifs is 4. The Morgan fingerprint density at radius 3 is 2.58 bits per heavy atom. The van der Waals surface area contributed by atoms with Crippen LogP contribution in [0.15, 0.2) is 66.7 Å². The van der Waals surface area contributed by atoms with Gasteiger partial charge in [-0.15, -0.1) is 0 Å². The van der Waals surface area contributed by atoms with E-state index in [1.54, 1.807) is 0 Å². The molecule has 5 aromatic rings. The van der Waals surface area contributed by atoms with Crippen LogP contribution in [0.4, 0.5) is 0 Å². The number of primary amides is 1. The Hall–Kier alpha value is -3.59. The molecule has 1 amide bonds. The van der Waals surface area contributed by atoms with E-state index in [0.717, 1.165) is 34.8 Å². The molecule has 0 atom stereocenters. The van der Waals surface area contributed by atoms with Gasteiger partial charge in [0.15, 0.2) is 0 Å². The van der Waals surface area contributed by atoms with Gasteiger partial charge in [-0.25, -0.2) is 0 Å². The van der Waals surface area contributed by atoms with Crippen molar-refractivity contribution in [2.75, 3.05) is 0 Å². The zero-order valence-electron chi connectivity index (χ0n) is 19.3. The van der Waals surface area contributed by atoms with Crippen molar-refractivity contribution in [3.8, 4) is 0 Å². The van der Waals surface area contributed by atoms with E-state index < -0.39 is 5.91 Å². The number of benzene rings is 4. The van der Waals surface area contributed by atoms with Crippen molar-refractivity contribution in [2.45, 2.75) is 46.1 Å². The largest absolute Gasteiger partial charge is 0.366 e. The lowest BCUT2D eigenvalue weighted by Gasteiger charge is -2.10. The number of rotatable bonds is 7. The molecule has 4 aromatic carbocycles. The number of hydrogen-bond acceptors (Lipinski definition) is 1. The van der Waals surface area contributed by atoms with E-state index in [-0.39, 0.29) is 0 Å². The van der Waals surface area contributed by atoms with Gasteiger partial charge in [-0.05, 0) is 72.0 Å². The third-order valence-electron chi connectivity index (χ3n) is 6.59. The summed E-state index contributed by atoms with van der Waals surface area (Å²) in [6.07, 6.45) is 4.64. The van der Waals surface area contributed by atoms with Crippen molar-refractivity contribution in [3.63, 3.8) is 0 Å². The fourth-order valence-electron chi connectivity index (χ4n) is 4.89. The van der Waals surface area contributed by atoms with Crippen LogP contribution in [0.1, 0.15) is 53.2 Å². The minimum absolute atomic E-state index is 0.402. The number of nitrogens with two attached hydrogens (primary N) is 1. The smallest absolute Gasteiger partial charge is 0.249 e. The summed E-state index contributed by atoms with van der Waals surface area (Å²) in [5.74, 6) is -0.402. The van der Waals surface area contributed by atoms with Gasteiger partial charge >= 0.3 is 0 Å². The second-order valence-electron chi connectivity index (χ2n) is 9.06. The predicted molar refractivity (Wildman–Crippen MR) is 138 cm³/mol. The predicted octanol–water partition coefficient (Wildman–Crippen LogP) is 6.94. The monoisotopic (exact) mass is 433 g/mol. The molecule has 0 saturated heterocycles. The highest BCUT2D eigenvalue weighted by molar-refractivity contribution is 6.17. The van der Waals surface area contributed by atoms with Crippen molar-refractivity contribution in [1.82, 2.24) is 4.57 Å². The van der Waals surface area contributed by atoms with Crippen LogP contribution >= 0.6 is 0 Å². The highest BCUT2D eigenvalue weighted by Gasteiger charge is 2.17. The van der Waals surface area contributed by atoms with Gasteiger partial charge < -0.3 is 10.3 Å². The van der Waals surface area contributed by atoms with E-state index in [1.165, 1.54) is 46.7 Å². The maximum Gasteiger partial charge on any atom is 0.249 e. The summed E-state index contributed by atoms with van der Waals surface area (Å²) in [6.45, 7) is 5.07. The summed E-state index contributed by atoms with van der Waals surface area (Å²) in [7, 11) is 0. The molecule has 0 aliphatic rings. The summed E-state index contributed by atoms with van der Waals surface area (Å²) < 4.78 is 2.31. The highest BCUT2D eigenvalue weighted by Crippen LogP contribution is 2.33. The number of nitrogens with zero attached hydrogens (tertiary/aromatic N) is 1.